The minimum atomic E-state index is -2.23. The van der Waals surface area contributed by atoms with Gasteiger partial charge in [-0.15, -0.1) is 0 Å². The van der Waals surface area contributed by atoms with E-state index in [1.807, 2.05) is 6.07 Å². The molecule has 1 aliphatic heterocycles. The molecule has 1 aliphatic rings. The highest BCUT2D eigenvalue weighted by Crippen LogP contribution is 2.51. The van der Waals surface area contributed by atoms with Gasteiger partial charge in [0, 0.05) is 5.56 Å². The van der Waals surface area contributed by atoms with Crippen molar-refractivity contribution < 1.29 is 9.47 Å². The lowest BCUT2D eigenvalue weighted by molar-refractivity contribution is 0.0740. The molecule has 0 N–H and O–H groups in total. The number of halogens is 1. The van der Waals surface area contributed by atoms with Crippen molar-refractivity contribution in [2.75, 3.05) is 7.11 Å². The van der Waals surface area contributed by atoms with Crippen molar-refractivity contribution in [2.45, 2.75) is 37.6 Å². The van der Waals surface area contributed by atoms with E-state index in [-0.39, 0.29) is 0 Å². The Morgan fingerprint density at radius 1 is 0.900 bits per heavy atom. The molecule has 0 aliphatic carbocycles. The van der Waals surface area contributed by atoms with Crippen LogP contribution in [0.4, 0.5) is 0 Å². The molecule has 0 atom stereocenters. The zero-order chi connectivity index (χ0) is 21.6. The van der Waals surface area contributed by atoms with Gasteiger partial charge in [0.1, 0.15) is 21.3 Å². The third kappa shape index (κ3) is 2.99. The van der Waals surface area contributed by atoms with Gasteiger partial charge in [0.2, 0.25) is 5.88 Å². The molecule has 0 spiro atoms. The Labute approximate surface area is 186 Å². The second-order valence-corrected chi connectivity index (χ2v) is 18.9. The van der Waals surface area contributed by atoms with Crippen LogP contribution in [-0.4, -0.2) is 28.2 Å². The van der Waals surface area contributed by atoms with Crippen LogP contribution in [0.3, 0.4) is 0 Å². The predicted molar refractivity (Wildman–Crippen MR) is 129 cm³/mol. The molecule has 0 saturated carbocycles. The van der Waals surface area contributed by atoms with E-state index in [0.717, 1.165) is 5.56 Å². The van der Waals surface area contributed by atoms with Crippen molar-refractivity contribution in [3.8, 4) is 5.88 Å². The quantitative estimate of drug-likeness (QED) is 0.411. The van der Waals surface area contributed by atoms with Crippen molar-refractivity contribution >= 4 is 38.1 Å². The molecule has 156 valence electrons. The highest BCUT2D eigenvalue weighted by Gasteiger charge is 2.64. The number of hydrogen-bond acceptors (Lipinski definition) is 3. The van der Waals surface area contributed by atoms with Crippen LogP contribution in [-0.2, 0) is 16.2 Å². The van der Waals surface area contributed by atoms with Crippen molar-refractivity contribution in [1.82, 2.24) is 4.98 Å². The summed E-state index contributed by atoms with van der Waals surface area (Å²) < 4.78 is 12.6. The number of nitrogens with zero attached hydrogens (tertiary/aromatic N) is 1. The molecule has 0 radical (unpaired) electrons. The Balaban J connectivity index is 2.07. The second-order valence-electron chi connectivity index (χ2n) is 8.93. The Kier molecular flexibility index (Phi) is 5.43. The number of hydrogen-bond donors (Lipinski definition) is 0. The average Bonchev–Trinajstić information content (AvgIpc) is 3.16. The van der Waals surface area contributed by atoms with Gasteiger partial charge in [-0.05, 0) is 11.6 Å². The normalized spacial score (nSPS) is 15.7. The van der Waals surface area contributed by atoms with E-state index >= 15 is 0 Å². The minimum absolute atomic E-state index is 0.419. The molecule has 30 heavy (non-hydrogen) atoms. The summed E-state index contributed by atoms with van der Waals surface area (Å²) >= 11 is 6.51. The molecule has 0 amide bonds. The van der Waals surface area contributed by atoms with Crippen LogP contribution in [0.15, 0.2) is 66.7 Å². The summed E-state index contributed by atoms with van der Waals surface area (Å²) in [4.78, 5) is 4.01. The summed E-state index contributed by atoms with van der Waals surface area (Å²) in [6.07, 6.45) is 0. The van der Waals surface area contributed by atoms with Gasteiger partial charge in [-0.25, -0.2) is 4.98 Å². The molecule has 4 rings (SSSR count). The zero-order valence-corrected chi connectivity index (χ0v) is 21.0. The highest BCUT2D eigenvalue weighted by atomic mass is 35.5. The van der Waals surface area contributed by atoms with Gasteiger partial charge in [0.05, 0.1) is 18.6 Å². The summed E-state index contributed by atoms with van der Waals surface area (Å²) in [6, 6.07) is 23.7. The molecule has 1 aromatic heterocycles. The molecule has 3 nitrogen and oxygen atoms in total. The van der Waals surface area contributed by atoms with Crippen LogP contribution in [0, 0.1) is 0 Å². The number of methoxy groups -OCH3 is 1. The molecular weight excluding hydrogens is 426 g/mol. The summed E-state index contributed by atoms with van der Waals surface area (Å²) in [5.74, 6) is 0.579. The number of benzene rings is 2. The Morgan fingerprint density at radius 3 is 1.87 bits per heavy atom. The maximum absolute atomic E-state index is 6.99. The standard InChI is InChI=1S/C24H28ClNO2Si2/c1-27-23-20-17-28-24(21(20)16-22(25)26-23,29(2,3)18-12-8-6-9-13-18)30(4,5)19-14-10-7-11-15-19/h6-16H,17H2,1-5H3. The molecule has 3 aromatic rings. The number of pyridine rings is 1. The first-order valence-electron chi connectivity index (χ1n) is 10.2. The highest BCUT2D eigenvalue weighted by molar-refractivity contribution is 7.09. The lowest BCUT2D eigenvalue weighted by Crippen LogP contribution is -2.74. The van der Waals surface area contributed by atoms with Crippen molar-refractivity contribution in [1.29, 1.82) is 0 Å². The van der Waals surface area contributed by atoms with Crippen LogP contribution in [0.25, 0.3) is 0 Å². The van der Waals surface area contributed by atoms with E-state index in [0.29, 0.717) is 17.6 Å². The molecule has 0 fully saturated rings. The van der Waals surface area contributed by atoms with Crippen molar-refractivity contribution in [3.05, 3.63) is 83.0 Å². The topological polar surface area (TPSA) is 31.4 Å². The van der Waals surface area contributed by atoms with Crippen LogP contribution < -0.4 is 15.1 Å². The minimum Gasteiger partial charge on any atom is -0.481 e. The third-order valence-corrected chi connectivity index (χ3v) is 18.7. The Hall–Kier alpha value is -1.93. The first-order chi connectivity index (χ1) is 14.3. The molecule has 6 heteroatoms. The average molecular weight is 454 g/mol. The van der Waals surface area contributed by atoms with E-state index in [9.17, 15) is 0 Å². The molecule has 2 aromatic carbocycles. The van der Waals surface area contributed by atoms with Crippen LogP contribution >= 0.6 is 11.6 Å². The lowest BCUT2D eigenvalue weighted by atomic mass is 10.2. The molecule has 0 unspecified atom stereocenters. The van der Waals surface area contributed by atoms with Gasteiger partial charge < -0.3 is 9.47 Å². The number of fused-ring (bicyclic) bond motifs is 1. The SMILES string of the molecule is COc1nc(Cl)cc2c1COC2([Si](C)(C)c1ccccc1)[Si](C)(C)c1ccccc1. The first-order valence-corrected chi connectivity index (χ1v) is 16.6. The largest absolute Gasteiger partial charge is 0.481 e. The van der Waals surface area contributed by atoms with E-state index in [4.69, 9.17) is 21.1 Å². The van der Waals surface area contributed by atoms with Crippen molar-refractivity contribution in [2.24, 2.45) is 0 Å². The Bertz CT molecular complexity index is 1000. The van der Waals surface area contributed by atoms with Gasteiger partial charge >= 0.3 is 0 Å². The van der Waals surface area contributed by atoms with Crippen molar-refractivity contribution in [3.63, 3.8) is 0 Å². The van der Waals surface area contributed by atoms with Gasteiger partial charge in [0.25, 0.3) is 0 Å². The summed E-state index contributed by atoms with van der Waals surface area (Å²) in [5, 5.41) is 3.21. The summed E-state index contributed by atoms with van der Waals surface area (Å²) in [7, 11) is -2.80. The van der Waals surface area contributed by atoms with E-state index in [1.54, 1.807) is 7.11 Å². The number of rotatable bonds is 5. The summed E-state index contributed by atoms with van der Waals surface area (Å²) in [5.41, 5.74) is 2.20. The van der Waals surface area contributed by atoms with Crippen LogP contribution in [0.1, 0.15) is 11.1 Å². The predicted octanol–water partition coefficient (Wildman–Crippen LogP) is 4.78. The fourth-order valence-corrected chi connectivity index (χ4v) is 18.2. The fourth-order valence-electron chi connectivity index (χ4n) is 5.33. The first kappa shape index (κ1) is 21.3. The van der Waals surface area contributed by atoms with E-state index < -0.39 is 21.0 Å². The van der Waals surface area contributed by atoms with Gasteiger partial charge in [0.15, 0.2) is 0 Å². The van der Waals surface area contributed by atoms with Gasteiger partial charge in [-0.1, -0.05) is 109 Å². The maximum Gasteiger partial charge on any atom is 0.220 e. The monoisotopic (exact) mass is 453 g/mol. The summed E-state index contributed by atoms with van der Waals surface area (Å²) in [6.45, 7) is 10.2. The van der Waals surface area contributed by atoms with Gasteiger partial charge in [-0.2, -0.15) is 0 Å². The third-order valence-electron chi connectivity index (χ3n) is 6.81. The zero-order valence-electron chi connectivity index (χ0n) is 18.2. The molecular formula is C24H28ClNO2Si2. The van der Waals surface area contributed by atoms with Crippen LogP contribution in [0.2, 0.25) is 31.3 Å². The maximum atomic E-state index is 6.99. The number of aromatic nitrogens is 1. The molecule has 0 bridgehead atoms. The molecule has 0 saturated heterocycles. The lowest BCUT2D eigenvalue weighted by Gasteiger charge is -2.52. The van der Waals surface area contributed by atoms with Crippen LogP contribution in [0.5, 0.6) is 5.88 Å². The second kappa shape index (κ2) is 7.64. The number of ether oxygens (including phenoxy) is 2. The van der Waals surface area contributed by atoms with Gasteiger partial charge in [-0.3, -0.25) is 0 Å². The smallest absolute Gasteiger partial charge is 0.220 e. The molecule has 2 heterocycles. The van der Waals surface area contributed by atoms with E-state index in [1.165, 1.54) is 15.9 Å². The van der Waals surface area contributed by atoms with E-state index in [2.05, 4.69) is 91.8 Å². The Morgan fingerprint density at radius 2 is 1.40 bits per heavy atom. The fraction of sp³-hybridized carbons (Fsp3) is 0.292.